The van der Waals surface area contributed by atoms with Gasteiger partial charge >= 0.3 is 5.97 Å². The van der Waals surface area contributed by atoms with Crippen molar-refractivity contribution in [2.75, 3.05) is 30.4 Å². The van der Waals surface area contributed by atoms with Gasteiger partial charge in [0, 0.05) is 5.69 Å². The maximum Gasteiger partial charge on any atom is 0.339 e. The monoisotopic (exact) mass is 502 g/mol. The molecular weight excluding hydrogens is 480 g/mol. The number of ether oxygens (including phenoxy) is 2. The minimum absolute atomic E-state index is 0.0193. The molecule has 3 rings (SSSR count). The van der Waals surface area contributed by atoms with E-state index >= 15 is 0 Å². The number of halogens is 1. The molecule has 0 aliphatic carbocycles. The van der Waals surface area contributed by atoms with Crippen molar-refractivity contribution in [1.82, 2.24) is 0 Å². The zero-order valence-corrected chi connectivity index (χ0v) is 20.3. The summed E-state index contributed by atoms with van der Waals surface area (Å²) in [5, 5.41) is 2.77. The van der Waals surface area contributed by atoms with Gasteiger partial charge in [-0.25, -0.2) is 13.2 Å². The van der Waals surface area contributed by atoms with Crippen LogP contribution in [0.1, 0.15) is 15.9 Å². The molecule has 0 saturated heterocycles. The molecule has 1 N–H and O–H groups in total. The van der Waals surface area contributed by atoms with E-state index < -0.39 is 28.4 Å². The summed E-state index contributed by atoms with van der Waals surface area (Å²) in [4.78, 5) is 24.9. The standard InChI is InChI=1S/C24H23ClN2O6S/c1-16-9-12-22(32-2)21(13-16)27(34(30,31)18-7-5-4-6-8-18)15-23(28)26-17-10-11-20(25)19(14-17)24(29)33-3/h4-14H,15H2,1-3H3,(H,26,28). The first kappa shape index (κ1) is 25.1. The van der Waals surface area contributed by atoms with Crippen LogP contribution in [0.25, 0.3) is 0 Å². The summed E-state index contributed by atoms with van der Waals surface area (Å²) in [5.74, 6) is -1.02. The number of hydrogen-bond acceptors (Lipinski definition) is 6. The quantitative estimate of drug-likeness (QED) is 0.461. The van der Waals surface area contributed by atoms with Crippen LogP contribution in [0.3, 0.4) is 0 Å². The third kappa shape index (κ3) is 5.49. The second-order valence-electron chi connectivity index (χ2n) is 7.23. The molecule has 0 aliphatic rings. The number of hydrogen-bond donors (Lipinski definition) is 1. The summed E-state index contributed by atoms with van der Waals surface area (Å²) in [7, 11) is -1.49. The number of carbonyl (C=O) groups excluding carboxylic acids is 2. The number of esters is 1. The van der Waals surface area contributed by atoms with Crippen molar-refractivity contribution in [2.45, 2.75) is 11.8 Å². The summed E-state index contributed by atoms with van der Waals surface area (Å²) in [5.41, 5.74) is 1.32. The molecule has 0 aromatic heterocycles. The van der Waals surface area contributed by atoms with Gasteiger partial charge in [-0.2, -0.15) is 0 Å². The summed E-state index contributed by atoms with van der Waals surface area (Å²) in [6, 6.07) is 17.1. The Hall–Kier alpha value is -3.56. The predicted molar refractivity (Wildman–Crippen MR) is 130 cm³/mol. The molecule has 10 heteroatoms. The van der Waals surface area contributed by atoms with Gasteiger partial charge in [0.25, 0.3) is 10.0 Å². The number of sulfonamides is 1. The van der Waals surface area contributed by atoms with E-state index in [0.717, 1.165) is 9.87 Å². The highest BCUT2D eigenvalue weighted by Crippen LogP contribution is 2.33. The number of methoxy groups -OCH3 is 2. The molecule has 34 heavy (non-hydrogen) atoms. The van der Waals surface area contributed by atoms with E-state index in [9.17, 15) is 18.0 Å². The molecular formula is C24H23ClN2O6S. The van der Waals surface area contributed by atoms with Gasteiger partial charge in [0.15, 0.2) is 0 Å². The van der Waals surface area contributed by atoms with Gasteiger partial charge < -0.3 is 14.8 Å². The Labute approximate surface area is 203 Å². The van der Waals surface area contributed by atoms with Crippen molar-refractivity contribution in [3.63, 3.8) is 0 Å². The fourth-order valence-electron chi connectivity index (χ4n) is 3.21. The average Bonchev–Trinajstić information content (AvgIpc) is 2.83. The van der Waals surface area contributed by atoms with Gasteiger partial charge in [0.1, 0.15) is 12.3 Å². The van der Waals surface area contributed by atoms with Crippen LogP contribution < -0.4 is 14.4 Å². The fraction of sp³-hybridized carbons (Fsp3) is 0.167. The molecule has 8 nitrogen and oxygen atoms in total. The predicted octanol–water partition coefficient (Wildman–Crippen LogP) is 4.28. The van der Waals surface area contributed by atoms with Crippen LogP contribution >= 0.6 is 11.6 Å². The van der Waals surface area contributed by atoms with Crippen molar-refractivity contribution in [2.24, 2.45) is 0 Å². The first-order valence-corrected chi connectivity index (χ1v) is 11.9. The lowest BCUT2D eigenvalue weighted by molar-refractivity contribution is -0.114. The zero-order valence-electron chi connectivity index (χ0n) is 18.7. The first-order chi connectivity index (χ1) is 16.2. The molecule has 0 atom stereocenters. The molecule has 0 unspecified atom stereocenters. The average molecular weight is 503 g/mol. The van der Waals surface area contributed by atoms with Crippen LogP contribution in [0.5, 0.6) is 5.75 Å². The number of anilines is 2. The van der Waals surface area contributed by atoms with Crippen molar-refractivity contribution in [3.05, 3.63) is 82.9 Å². The number of rotatable bonds is 8. The topological polar surface area (TPSA) is 102 Å². The van der Waals surface area contributed by atoms with Crippen molar-refractivity contribution < 1.29 is 27.5 Å². The molecule has 0 spiro atoms. The van der Waals surface area contributed by atoms with Crippen LogP contribution in [0.2, 0.25) is 5.02 Å². The molecule has 0 saturated carbocycles. The number of amides is 1. The highest BCUT2D eigenvalue weighted by atomic mass is 35.5. The van der Waals surface area contributed by atoms with Gasteiger partial charge in [0.05, 0.1) is 35.4 Å². The minimum atomic E-state index is -4.13. The van der Waals surface area contributed by atoms with E-state index in [1.165, 1.54) is 44.6 Å². The van der Waals surface area contributed by atoms with Gasteiger partial charge in [-0.05, 0) is 55.0 Å². The van der Waals surface area contributed by atoms with Crippen LogP contribution in [-0.2, 0) is 19.6 Å². The Kier molecular flexibility index (Phi) is 7.80. The van der Waals surface area contributed by atoms with E-state index in [2.05, 4.69) is 5.32 Å². The highest BCUT2D eigenvalue weighted by molar-refractivity contribution is 7.92. The lowest BCUT2D eigenvalue weighted by atomic mass is 10.2. The van der Waals surface area contributed by atoms with Crippen molar-refractivity contribution >= 4 is 44.9 Å². The Morgan fingerprint density at radius 3 is 2.35 bits per heavy atom. The van der Waals surface area contributed by atoms with E-state index in [1.54, 1.807) is 43.3 Å². The molecule has 1 amide bonds. The molecule has 178 valence electrons. The Balaban J connectivity index is 2.00. The molecule has 0 bridgehead atoms. The first-order valence-electron chi connectivity index (χ1n) is 10.1. The van der Waals surface area contributed by atoms with Crippen molar-refractivity contribution in [3.8, 4) is 5.75 Å². The van der Waals surface area contributed by atoms with Gasteiger partial charge in [0.2, 0.25) is 5.91 Å². The van der Waals surface area contributed by atoms with Crippen LogP contribution in [-0.4, -0.2) is 41.1 Å². The second kappa shape index (κ2) is 10.6. The lowest BCUT2D eigenvalue weighted by Gasteiger charge is -2.26. The van der Waals surface area contributed by atoms with Crippen molar-refractivity contribution in [1.29, 1.82) is 0 Å². The number of benzene rings is 3. The third-order valence-corrected chi connectivity index (χ3v) is 6.98. The lowest BCUT2D eigenvalue weighted by Crippen LogP contribution is -2.38. The van der Waals surface area contributed by atoms with Gasteiger partial charge in [-0.3, -0.25) is 9.10 Å². The Morgan fingerprint density at radius 1 is 1.00 bits per heavy atom. The molecule has 3 aromatic rings. The van der Waals surface area contributed by atoms with E-state index in [4.69, 9.17) is 21.1 Å². The summed E-state index contributed by atoms with van der Waals surface area (Å²) >= 11 is 6.03. The van der Waals surface area contributed by atoms with Crippen LogP contribution in [0.15, 0.2) is 71.6 Å². The smallest absolute Gasteiger partial charge is 0.339 e. The summed E-state index contributed by atoms with van der Waals surface area (Å²) in [6.07, 6.45) is 0. The molecule has 0 aliphatic heterocycles. The molecule has 3 aromatic carbocycles. The van der Waals surface area contributed by atoms with Gasteiger partial charge in [-0.15, -0.1) is 0 Å². The van der Waals surface area contributed by atoms with E-state index in [1.807, 2.05) is 0 Å². The maximum absolute atomic E-state index is 13.5. The normalized spacial score (nSPS) is 10.9. The summed E-state index contributed by atoms with van der Waals surface area (Å²) in [6.45, 7) is 1.26. The van der Waals surface area contributed by atoms with E-state index in [-0.39, 0.29) is 32.6 Å². The number of aryl methyl sites for hydroxylation is 1. The van der Waals surface area contributed by atoms with Crippen LogP contribution in [0, 0.1) is 6.92 Å². The third-order valence-electron chi connectivity index (χ3n) is 4.88. The number of carbonyl (C=O) groups is 2. The molecule has 0 fully saturated rings. The Morgan fingerprint density at radius 2 is 1.71 bits per heavy atom. The molecule has 0 radical (unpaired) electrons. The summed E-state index contributed by atoms with van der Waals surface area (Å²) < 4.78 is 38.1. The Bertz CT molecular complexity index is 1310. The highest BCUT2D eigenvalue weighted by Gasteiger charge is 2.29. The van der Waals surface area contributed by atoms with E-state index in [0.29, 0.717) is 0 Å². The van der Waals surface area contributed by atoms with Crippen LogP contribution in [0.4, 0.5) is 11.4 Å². The number of nitrogens with zero attached hydrogens (tertiary/aromatic N) is 1. The van der Waals surface area contributed by atoms with Gasteiger partial charge in [-0.1, -0.05) is 35.9 Å². The minimum Gasteiger partial charge on any atom is -0.495 e. The number of nitrogens with one attached hydrogen (secondary N) is 1. The SMILES string of the molecule is COC(=O)c1cc(NC(=O)CN(c2cc(C)ccc2OC)S(=O)(=O)c2ccccc2)ccc1Cl. The molecule has 0 heterocycles. The fourth-order valence-corrected chi connectivity index (χ4v) is 4.85. The largest absolute Gasteiger partial charge is 0.495 e. The zero-order chi connectivity index (χ0) is 24.9. The second-order valence-corrected chi connectivity index (χ2v) is 9.50. The maximum atomic E-state index is 13.5.